The molecule has 0 aliphatic carbocycles. The van der Waals surface area contributed by atoms with Crippen LogP contribution in [0.3, 0.4) is 0 Å². The molecule has 6 nitrogen and oxygen atoms in total. The SMILES string of the molecule is CCOC(=O)CCC(O)[N+](=O)[O-]. The van der Waals surface area contributed by atoms with Gasteiger partial charge in [-0.3, -0.25) is 14.9 Å². The van der Waals surface area contributed by atoms with Gasteiger partial charge in [0.1, 0.15) is 0 Å². The molecular weight excluding hydrogens is 166 g/mol. The lowest BCUT2D eigenvalue weighted by molar-refractivity contribution is -0.571. The molecule has 12 heavy (non-hydrogen) atoms. The second kappa shape index (κ2) is 5.48. The number of aliphatic hydroxyl groups is 1. The summed E-state index contributed by atoms with van der Waals surface area (Å²) in [6, 6.07) is 0. The summed E-state index contributed by atoms with van der Waals surface area (Å²) in [5.74, 6) is -0.529. The van der Waals surface area contributed by atoms with Crippen LogP contribution in [-0.4, -0.2) is 28.8 Å². The minimum absolute atomic E-state index is 0.129. The van der Waals surface area contributed by atoms with Crippen LogP contribution in [0, 0.1) is 10.1 Å². The van der Waals surface area contributed by atoms with Crippen molar-refractivity contribution in [1.82, 2.24) is 0 Å². The average molecular weight is 177 g/mol. The highest BCUT2D eigenvalue weighted by molar-refractivity contribution is 5.69. The van der Waals surface area contributed by atoms with Gasteiger partial charge >= 0.3 is 12.2 Å². The Morgan fingerprint density at radius 2 is 2.33 bits per heavy atom. The molecule has 70 valence electrons. The first-order valence-electron chi connectivity index (χ1n) is 3.55. The minimum Gasteiger partial charge on any atom is -0.466 e. The molecule has 0 aromatic rings. The van der Waals surface area contributed by atoms with Gasteiger partial charge in [0.15, 0.2) is 0 Å². The summed E-state index contributed by atoms with van der Waals surface area (Å²) in [5, 5.41) is 18.5. The smallest absolute Gasteiger partial charge is 0.313 e. The predicted octanol–water partition coefficient (Wildman–Crippen LogP) is -0.0752. The highest BCUT2D eigenvalue weighted by Gasteiger charge is 2.16. The molecule has 0 aromatic heterocycles. The molecule has 0 saturated carbocycles. The van der Waals surface area contributed by atoms with Crippen molar-refractivity contribution in [3.8, 4) is 0 Å². The number of carbonyl (C=O) groups is 1. The van der Waals surface area contributed by atoms with Gasteiger partial charge in [0.2, 0.25) is 0 Å². The molecule has 0 radical (unpaired) electrons. The number of ether oxygens (including phenoxy) is 1. The zero-order valence-corrected chi connectivity index (χ0v) is 6.73. The molecule has 0 aromatic carbocycles. The molecule has 0 saturated heterocycles. The first-order valence-corrected chi connectivity index (χ1v) is 3.55. The lowest BCUT2D eigenvalue weighted by Gasteiger charge is -2.02. The normalized spacial score (nSPS) is 12.2. The van der Waals surface area contributed by atoms with Crippen LogP contribution in [0.2, 0.25) is 0 Å². The van der Waals surface area contributed by atoms with Crippen LogP contribution < -0.4 is 0 Å². The van der Waals surface area contributed by atoms with Gasteiger partial charge in [-0.1, -0.05) is 0 Å². The summed E-state index contributed by atoms with van der Waals surface area (Å²) in [7, 11) is 0. The number of nitrogens with zero attached hydrogens (tertiary/aromatic N) is 1. The Morgan fingerprint density at radius 1 is 1.75 bits per heavy atom. The number of hydrogen-bond donors (Lipinski definition) is 1. The average Bonchev–Trinajstić information content (AvgIpc) is 2.00. The summed E-state index contributed by atoms with van der Waals surface area (Å²) >= 11 is 0. The Bertz CT molecular complexity index is 169. The third-order valence-corrected chi connectivity index (χ3v) is 1.16. The van der Waals surface area contributed by atoms with Crippen molar-refractivity contribution in [2.45, 2.75) is 26.0 Å². The van der Waals surface area contributed by atoms with E-state index in [1.165, 1.54) is 0 Å². The van der Waals surface area contributed by atoms with Gasteiger partial charge < -0.3 is 9.84 Å². The number of nitro groups is 1. The van der Waals surface area contributed by atoms with E-state index in [0.717, 1.165) is 0 Å². The van der Waals surface area contributed by atoms with E-state index in [1.807, 2.05) is 0 Å². The fourth-order valence-electron chi connectivity index (χ4n) is 0.586. The van der Waals surface area contributed by atoms with Crippen molar-refractivity contribution in [1.29, 1.82) is 0 Å². The van der Waals surface area contributed by atoms with Crippen LogP contribution in [0.1, 0.15) is 19.8 Å². The van der Waals surface area contributed by atoms with Crippen molar-refractivity contribution in [3.05, 3.63) is 10.1 Å². The van der Waals surface area contributed by atoms with Gasteiger partial charge in [-0.15, -0.1) is 0 Å². The van der Waals surface area contributed by atoms with Crippen molar-refractivity contribution >= 4 is 5.97 Å². The molecule has 0 aliphatic heterocycles. The zero-order chi connectivity index (χ0) is 9.56. The van der Waals surface area contributed by atoms with Crippen molar-refractivity contribution < 1.29 is 19.6 Å². The van der Waals surface area contributed by atoms with E-state index < -0.39 is 17.1 Å². The van der Waals surface area contributed by atoms with Crippen molar-refractivity contribution in [2.75, 3.05) is 6.61 Å². The van der Waals surface area contributed by atoms with E-state index in [0.29, 0.717) is 0 Å². The van der Waals surface area contributed by atoms with Gasteiger partial charge in [-0.25, -0.2) is 0 Å². The van der Waals surface area contributed by atoms with Crippen LogP contribution in [0.25, 0.3) is 0 Å². The lowest BCUT2D eigenvalue weighted by atomic mass is 10.3. The second-order valence-electron chi connectivity index (χ2n) is 2.11. The molecular formula is C6H11NO5. The van der Waals surface area contributed by atoms with E-state index in [-0.39, 0.29) is 19.4 Å². The molecule has 0 aliphatic rings. The van der Waals surface area contributed by atoms with Crippen LogP contribution in [-0.2, 0) is 9.53 Å². The standard InChI is InChI=1S/C6H11NO5/c1-2-12-6(9)4-3-5(8)7(10)11/h5,8H,2-4H2,1H3. The summed E-state index contributed by atoms with van der Waals surface area (Å²) in [6.45, 7) is 1.88. The maximum absolute atomic E-state index is 10.6. The van der Waals surface area contributed by atoms with Gasteiger partial charge in [-0.05, 0) is 6.92 Å². The molecule has 0 amide bonds. The van der Waals surface area contributed by atoms with Gasteiger partial charge in [-0.2, -0.15) is 0 Å². The molecule has 1 N–H and O–H groups in total. The monoisotopic (exact) mass is 177 g/mol. The summed E-state index contributed by atoms with van der Waals surface area (Å²) in [5.41, 5.74) is 0. The molecule has 0 fully saturated rings. The highest BCUT2D eigenvalue weighted by atomic mass is 16.7. The topological polar surface area (TPSA) is 89.7 Å². The third-order valence-electron chi connectivity index (χ3n) is 1.16. The molecule has 0 bridgehead atoms. The van der Waals surface area contributed by atoms with Crippen LogP contribution in [0.4, 0.5) is 0 Å². The summed E-state index contributed by atoms with van der Waals surface area (Å²) in [6.07, 6.45) is -2.00. The van der Waals surface area contributed by atoms with Gasteiger partial charge in [0.05, 0.1) is 24.4 Å². The Kier molecular flexibility index (Phi) is 4.94. The fourth-order valence-corrected chi connectivity index (χ4v) is 0.586. The van der Waals surface area contributed by atoms with E-state index in [4.69, 9.17) is 5.11 Å². The summed E-state index contributed by atoms with van der Waals surface area (Å²) < 4.78 is 4.50. The highest BCUT2D eigenvalue weighted by Crippen LogP contribution is 1.99. The zero-order valence-electron chi connectivity index (χ0n) is 6.73. The molecule has 1 atom stereocenters. The Balaban J connectivity index is 3.54. The quantitative estimate of drug-likeness (QED) is 0.274. The Labute approximate surface area is 69.3 Å². The molecule has 1 unspecified atom stereocenters. The second-order valence-corrected chi connectivity index (χ2v) is 2.11. The number of esters is 1. The summed E-state index contributed by atoms with van der Waals surface area (Å²) in [4.78, 5) is 19.6. The maximum atomic E-state index is 10.6. The minimum atomic E-state index is -1.67. The van der Waals surface area contributed by atoms with E-state index >= 15 is 0 Å². The first-order chi connectivity index (χ1) is 5.57. The molecule has 0 heterocycles. The maximum Gasteiger partial charge on any atom is 0.313 e. The first kappa shape index (κ1) is 10.8. The Hall–Kier alpha value is -1.17. The van der Waals surface area contributed by atoms with Gasteiger partial charge in [0.25, 0.3) is 0 Å². The number of aliphatic hydroxyl groups excluding tert-OH is 1. The fraction of sp³-hybridized carbons (Fsp3) is 0.833. The molecule has 0 spiro atoms. The van der Waals surface area contributed by atoms with Crippen LogP contribution >= 0.6 is 0 Å². The van der Waals surface area contributed by atoms with Crippen LogP contribution in [0.5, 0.6) is 0 Å². The Morgan fingerprint density at radius 3 is 2.75 bits per heavy atom. The largest absolute Gasteiger partial charge is 0.466 e. The molecule has 0 rings (SSSR count). The van der Waals surface area contributed by atoms with Crippen LogP contribution in [0.15, 0.2) is 0 Å². The van der Waals surface area contributed by atoms with Crippen molar-refractivity contribution in [2.24, 2.45) is 0 Å². The van der Waals surface area contributed by atoms with E-state index in [1.54, 1.807) is 6.92 Å². The third kappa shape index (κ3) is 4.62. The van der Waals surface area contributed by atoms with E-state index in [2.05, 4.69) is 4.74 Å². The van der Waals surface area contributed by atoms with Crippen molar-refractivity contribution in [3.63, 3.8) is 0 Å². The van der Waals surface area contributed by atoms with E-state index in [9.17, 15) is 14.9 Å². The number of rotatable bonds is 5. The van der Waals surface area contributed by atoms with Gasteiger partial charge in [0, 0.05) is 0 Å². The number of carbonyl (C=O) groups excluding carboxylic acids is 1. The predicted molar refractivity (Wildman–Crippen MR) is 38.9 cm³/mol. The molecule has 6 heteroatoms. The number of hydrogen-bond acceptors (Lipinski definition) is 5. The lowest BCUT2D eigenvalue weighted by Crippen LogP contribution is -2.20.